The van der Waals surface area contributed by atoms with Crippen molar-refractivity contribution in [3.8, 4) is 0 Å². The minimum atomic E-state index is -1.05. The molecule has 3 N–H and O–H groups in total. The Kier molecular flexibility index (Phi) is 13.6. The Bertz CT molecular complexity index is 2070. The molecule has 2 fully saturated rings. The van der Waals surface area contributed by atoms with E-state index in [4.69, 9.17) is 52.1 Å². The Morgan fingerprint density at radius 2 is 1.07 bits per heavy atom. The highest BCUT2D eigenvalue weighted by Crippen LogP contribution is 2.29. The molecule has 0 unspecified atom stereocenters. The third kappa shape index (κ3) is 10.4. The molecule has 2 saturated heterocycles. The number of nitrogen functional groups attached to an aromatic ring is 1. The van der Waals surface area contributed by atoms with E-state index < -0.39 is 17.5 Å². The summed E-state index contributed by atoms with van der Waals surface area (Å²) in [4.78, 5) is 21.9. The zero-order valence-electron chi connectivity index (χ0n) is 29.4. The Hall–Kier alpha value is -4.09. The van der Waals surface area contributed by atoms with E-state index in [-0.39, 0.29) is 5.56 Å². The summed E-state index contributed by atoms with van der Waals surface area (Å²) < 4.78 is 26.7. The number of nitrogens with zero attached hydrogens (tertiary/aromatic N) is 4. The number of carbonyl (C=O) groups excluding carboxylic acids is 1. The molecule has 0 atom stereocenters. The molecule has 1 amide bonds. The summed E-state index contributed by atoms with van der Waals surface area (Å²) in [6.07, 6.45) is 0. The first-order valence-corrected chi connectivity index (χ1v) is 19.1. The molecule has 54 heavy (non-hydrogen) atoms. The fraction of sp³-hybridized carbons (Fsp3) is 0.244. The maximum Gasteiger partial charge on any atom is 0.255 e. The van der Waals surface area contributed by atoms with Crippen molar-refractivity contribution in [3.05, 3.63) is 152 Å². The number of nitrogens with two attached hydrogens (primary N) is 1. The van der Waals surface area contributed by atoms with Gasteiger partial charge in [-0.05, 0) is 77.9 Å². The molecule has 282 valence electrons. The molecular weight excluding hydrogens is 772 g/mol. The van der Waals surface area contributed by atoms with Crippen LogP contribution in [-0.4, -0.2) is 68.1 Å². The van der Waals surface area contributed by atoms with E-state index in [1.165, 1.54) is 11.6 Å². The van der Waals surface area contributed by atoms with Gasteiger partial charge in [-0.2, -0.15) is 0 Å². The fourth-order valence-corrected chi connectivity index (χ4v) is 7.19. The van der Waals surface area contributed by atoms with Crippen LogP contribution in [0.4, 0.5) is 31.5 Å². The smallest absolute Gasteiger partial charge is 0.255 e. The fourth-order valence-electron chi connectivity index (χ4n) is 6.55. The summed E-state index contributed by atoms with van der Waals surface area (Å²) in [6.45, 7) is 8.89. The number of amides is 1. The van der Waals surface area contributed by atoms with E-state index in [9.17, 15) is 13.6 Å². The number of piperazine rings is 2. The Labute approximate surface area is 334 Å². The molecule has 7 rings (SSSR count). The second-order valence-corrected chi connectivity index (χ2v) is 14.8. The van der Waals surface area contributed by atoms with Crippen molar-refractivity contribution >= 4 is 75.1 Å². The Morgan fingerprint density at radius 1 is 0.574 bits per heavy atom. The largest absolute Gasteiger partial charge is 0.397 e. The van der Waals surface area contributed by atoms with Gasteiger partial charge in [-0.3, -0.25) is 14.6 Å². The van der Waals surface area contributed by atoms with Crippen LogP contribution < -0.4 is 20.9 Å². The van der Waals surface area contributed by atoms with Crippen LogP contribution in [0.3, 0.4) is 0 Å². The number of nitrogens with one attached hydrogen (secondary N) is 1. The molecule has 0 saturated carbocycles. The topological polar surface area (TPSA) is 68.1 Å². The van der Waals surface area contributed by atoms with Crippen molar-refractivity contribution in [1.82, 2.24) is 9.80 Å². The average Bonchev–Trinajstić information content (AvgIpc) is 3.17. The summed E-state index contributed by atoms with van der Waals surface area (Å²) in [6, 6.07) is 30.1. The van der Waals surface area contributed by atoms with Crippen LogP contribution in [0.25, 0.3) is 0 Å². The predicted molar refractivity (Wildman–Crippen MR) is 220 cm³/mol. The first-order chi connectivity index (χ1) is 26.0. The third-order valence-electron chi connectivity index (χ3n) is 9.48. The van der Waals surface area contributed by atoms with E-state index in [0.717, 1.165) is 100 Å². The molecule has 13 heteroatoms. The molecule has 0 spiro atoms. The standard InChI is InChI=1S/C24H21Cl2F2N3O.C17H19Cl2N3/c25-18-7-5-16(13-19(18)26)15-30-9-11-31(12-10-30)23-4-2-1-3-22(23)29-24(32)17-6-8-20(27)21(28)14-17;18-14-6-5-13(11-15(14)19)12-21-7-9-22(10-8-21)17-4-2-1-3-16(17)20/h1-8,13-14H,9-12,15H2,(H,29,32);1-6,11H,7-10,12,20H2. The lowest BCUT2D eigenvalue weighted by atomic mass is 10.1. The van der Waals surface area contributed by atoms with Crippen LogP contribution >= 0.6 is 46.4 Å². The molecule has 0 radical (unpaired) electrons. The maximum absolute atomic E-state index is 13.5. The minimum absolute atomic E-state index is 0.0603. The molecule has 0 aromatic heterocycles. The molecule has 2 aliphatic rings. The van der Waals surface area contributed by atoms with Crippen LogP contribution in [0.15, 0.2) is 103 Å². The van der Waals surface area contributed by atoms with Crippen LogP contribution in [0, 0.1) is 11.6 Å². The number of anilines is 4. The van der Waals surface area contributed by atoms with Crippen LogP contribution in [0.2, 0.25) is 20.1 Å². The number of para-hydroxylation sites is 4. The Morgan fingerprint density at radius 3 is 1.59 bits per heavy atom. The van der Waals surface area contributed by atoms with Gasteiger partial charge in [0.1, 0.15) is 0 Å². The molecule has 0 bridgehead atoms. The van der Waals surface area contributed by atoms with E-state index in [1.807, 2.05) is 66.7 Å². The number of hydrogen-bond acceptors (Lipinski definition) is 6. The van der Waals surface area contributed by atoms with Gasteiger partial charge < -0.3 is 20.9 Å². The number of carbonyl (C=O) groups is 1. The van der Waals surface area contributed by atoms with Crippen molar-refractivity contribution < 1.29 is 13.6 Å². The SMILES string of the molecule is Nc1ccccc1N1CCN(Cc2ccc(Cl)c(Cl)c2)CC1.O=C(Nc1ccccc1N1CCN(Cc2ccc(Cl)c(Cl)c2)CC1)c1ccc(F)c(F)c1. The number of benzene rings is 5. The molecule has 2 heterocycles. The van der Waals surface area contributed by atoms with Gasteiger partial charge in [0, 0.05) is 71.0 Å². The quantitative estimate of drug-likeness (QED) is 0.152. The van der Waals surface area contributed by atoms with Gasteiger partial charge >= 0.3 is 0 Å². The van der Waals surface area contributed by atoms with Gasteiger partial charge in [0.05, 0.1) is 42.8 Å². The van der Waals surface area contributed by atoms with Crippen molar-refractivity contribution in [2.24, 2.45) is 0 Å². The zero-order chi connectivity index (χ0) is 38.2. The normalized spacial score (nSPS) is 15.1. The lowest BCUT2D eigenvalue weighted by molar-refractivity contribution is 0.102. The minimum Gasteiger partial charge on any atom is -0.397 e. The number of halogens is 6. The third-order valence-corrected chi connectivity index (χ3v) is 11.0. The van der Waals surface area contributed by atoms with E-state index >= 15 is 0 Å². The van der Waals surface area contributed by atoms with Crippen LogP contribution in [0.1, 0.15) is 21.5 Å². The van der Waals surface area contributed by atoms with Crippen molar-refractivity contribution in [2.45, 2.75) is 13.1 Å². The second kappa shape index (κ2) is 18.5. The van der Waals surface area contributed by atoms with Gasteiger partial charge in [0.2, 0.25) is 0 Å². The summed E-state index contributed by atoms with van der Waals surface area (Å²) in [5.41, 5.74) is 11.9. The van der Waals surface area contributed by atoms with Gasteiger partial charge in [-0.25, -0.2) is 8.78 Å². The van der Waals surface area contributed by atoms with E-state index in [1.54, 1.807) is 12.1 Å². The summed E-state index contributed by atoms with van der Waals surface area (Å²) in [5, 5.41) is 5.14. The van der Waals surface area contributed by atoms with E-state index in [0.29, 0.717) is 25.8 Å². The Balaban J connectivity index is 0.000000197. The average molecular weight is 813 g/mol. The maximum atomic E-state index is 13.5. The first-order valence-electron chi connectivity index (χ1n) is 17.6. The van der Waals surface area contributed by atoms with Gasteiger partial charge in [-0.15, -0.1) is 0 Å². The van der Waals surface area contributed by atoms with Crippen molar-refractivity contribution in [2.75, 3.05) is 73.2 Å². The summed E-state index contributed by atoms with van der Waals surface area (Å²) in [5.74, 6) is -2.53. The highest BCUT2D eigenvalue weighted by Gasteiger charge is 2.22. The van der Waals surface area contributed by atoms with Crippen LogP contribution in [0.5, 0.6) is 0 Å². The summed E-state index contributed by atoms with van der Waals surface area (Å²) >= 11 is 24.2. The molecule has 2 aliphatic heterocycles. The van der Waals surface area contributed by atoms with E-state index in [2.05, 4.69) is 31.0 Å². The van der Waals surface area contributed by atoms with Crippen LogP contribution in [-0.2, 0) is 13.1 Å². The van der Waals surface area contributed by atoms with Gasteiger partial charge in [0.15, 0.2) is 11.6 Å². The molecule has 0 aliphatic carbocycles. The van der Waals surface area contributed by atoms with Crippen molar-refractivity contribution in [3.63, 3.8) is 0 Å². The first kappa shape index (κ1) is 39.6. The highest BCUT2D eigenvalue weighted by atomic mass is 35.5. The highest BCUT2D eigenvalue weighted by molar-refractivity contribution is 6.42. The lowest BCUT2D eigenvalue weighted by Crippen LogP contribution is -2.46. The summed E-state index contributed by atoms with van der Waals surface area (Å²) in [7, 11) is 0. The molecular formula is C41H40Cl4F2N6O. The number of hydrogen-bond donors (Lipinski definition) is 2. The second-order valence-electron chi connectivity index (χ2n) is 13.2. The zero-order valence-corrected chi connectivity index (χ0v) is 32.5. The van der Waals surface area contributed by atoms with Gasteiger partial charge in [0.25, 0.3) is 5.91 Å². The van der Waals surface area contributed by atoms with Gasteiger partial charge in [-0.1, -0.05) is 82.8 Å². The number of rotatable bonds is 8. The monoisotopic (exact) mass is 810 g/mol. The van der Waals surface area contributed by atoms with Crippen molar-refractivity contribution in [1.29, 1.82) is 0 Å². The lowest BCUT2D eigenvalue weighted by Gasteiger charge is -2.37. The molecule has 7 nitrogen and oxygen atoms in total. The molecule has 5 aromatic carbocycles. The molecule has 5 aromatic rings. The predicted octanol–water partition coefficient (Wildman–Crippen LogP) is 9.74.